The molecule has 0 bridgehead atoms. The Labute approximate surface area is 78.5 Å². The molecule has 0 aliphatic carbocycles. The molecule has 0 atom stereocenters. The number of thiazole rings is 1. The van der Waals surface area contributed by atoms with Crippen LogP contribution in [0.2, 0.25) is 0 Å². The first-order valence-corrected chi connectivity index (χ1v) is 4.75. The van der Waals surface area contributed by atoms with E-state index >= 15 is 0 Å². The van der Waals surface area contributed by atoms with Crippen LogP contribution < -0.4 is 0 Å². The lowest BCUT2D eigenvalue weighted by Crippen LogP contribution is -1.66. The first kappa shape index (κ1) is 7.34. The van der Waals surface area contributed by atoms with Gasteiger partial charge < -0.3 is 4.98 Å². The van der Waals surface area contributed by atoms with E-state index in [1.54, 1.807) is 11.3 Å². The van der Waals surface area contributed by atoms with Crippen LogP contribution in [0.15, 0.2) is 23.1 Å². The van der Waals surface area contributed by atoms with Crippen molar-refractivity contribution in [3.05, 3.63) is 22.2 Å². The molecule has 0 fully saturated rings. The molecule has 0 spiro atoms. The van der Waals surface area contributed by atoms with Gasteiger partial charge in [0.2, 0.25) is 0 Å². The van der Waals surface area contributed by atoms with Gasteiger partial charge in [0.25, 0.3) is 0 Å². The fraction of sp³-hybridized carbons (Fsp3) is 0. The fourth-order valence-electron chi connectivity index (χ4n) is 0.959. The van der Waals surface area contributed by atoms with Gasteiger partial charge in [-0.05, 0) is 24.4 Å². The Balaban J connectivity index is 3.01. The second kappa shape index (κ2) is 2.62. The number of thiol groups is 1. The van der Waals surface area contributed by atoms with Crippen LogP contribution in [-0.4, -0.2) is 4.98 Å². The van der Waals surface area contributed by atoms with Crippen LogP contribution in [0.3, 0.4) is 0 Å². The number of rotatable bonds is 0. The molecule has 1 N–H and O–H groups in total. The smallest absolute Gasteiger partial charge is 0.159 e. The Kier molecular flexibility index (Phi) is 1.75. The number of hydrogen-bond donors (Lipinski definition) is 2. The number of H-pyrrole nitrogens is 1. The molecule has 0 saturated carbocycles. The predicted octanol–water partition coefficient (Wildman–Crippen LogP) is 3.25. The third-order valence-electron chi connectivity index (χ3n) is 1.43. The first-order valence-electron chi connectivity index (χ1n) is 3.08. The Hall–Kier alpha value is -0.320. The van der Waals surface area contributed by atoms with E-state index in [2.05, 4.69) is 17.6 Å². The molecule has 1 heterocycles. The molecule has 4 heteroatoms. The monoisotopic (exact) mass is 199 g/mol. The second-order valence-corrected chi connectivity index (χ2v) is 4.34. The average Bonchev–Trinajstić information content (AvgIpc) is 2.31. The minimum Gasteiger partial charge on any atom is -0.337 e. The summed E-state index contributed by atoms with van der Waals surface area (Å²) in [5.41, 5.74) is 1.08. The Morgan fingerprint density at radius 3 is 3.00 bits per heavy atom. The lowest BCUT2D eigenvalue weighted by atomic mass is 10.3. The topological polar surface area (TPSA) is 15.8 Å². The summed E-state index contributed by atoms with van der Waals surface area (Å²) >= 11 is 10.9. The van der Waals surface area contributed by atoms with Crippen molar-refractivity contribution < 1.29 is 0 Å². The van der Waals surface area contributed by atoms with E-state index in [0.29, 0.717) is 0 Å². The summed E-state index contributed by atoms with van der Waals surface area (Å²) in [7, 11) is 0. The Bertz CT molecular complexity index is 440. The van der Waals surface area contributed by atoms with Crippen molar-refractivity contribution in [2.24, 2.45) is 0 Å². The van der Waals surface area contributed by atoms with Crippen molar-refractivity contribution in [3.8, 4) is 0 Å². The van der Waals surface area contributed by atoms with Crippen LogP contribution in [0.4, 0.5) is 0 Å². The van der Waals surface area contributed by atoms with Gasteiger partial charge in [-0.1, -0.05) is 6.07 Å². The van der Waals surface area contributed by atoms with Gasteiger partial charge in [0.05, 0.1) is 10.2 Å². The molecule has 0 aliphatic rings. The fourth-order valence-corrected chi connectivity index (χ4v) is 2.41. The molecule has 0 unspecified atom stereocenters. The van der Waals surface area contributed by atoms with Crippen molar-refractivity contribution in [2.45, 2.75) is 4.90 Å². The van der Waals surface area contributed by atoms with Gasteiger partial charge in [-0.2, -0.15) is 0 Å². The van der Waals surface area contributed by atoms with E-state index in [9.17, 15) is 0 Å². The molecule has 0 radical (unpaired) electrons. The van der Waals surface area contributed by atoms with Crippen LogP contribution in [-0.2, 0) is 0 Å². The molecule has 56 valence electrons. The highest BCUT2D eigenvalue weighted by Crippen LogP contribution is 2.25. The highest BCUT2D eigenvalue weighted by Gasteiger charge is 1.98. The highest BCUT2D eigenvalue weighted by molar-refractivity contribution is 7.80. The number of hydrogen-bond acceptors (Lipinski definition) is 3. The van der Waals surface area contributed by atoms with E-state index in [1.165, 1.54) is 0 Å². The zero-order valence-electron chi connectivity index (χ0n) is 5.50. The Morgan fingerprint density at radius 1 is 1.45 bits per heavy atom. The maximum absolute atomic E-state index is 5.00. The maximum Gasteiger partial charge on any atom is 0.159 e. The lowest BCUT2D eigenvalue weighted by molar-refractivity contribution is 1.45. The SMILES string of the molecule is S=c1[nH]c2cccc(S)c2s1. The largest absolute Gasteiger partial charge is 0.337 e. The molecular formula is C7H5NS3. The second-order valence-electron chi connectivity index (χ2n) is 2.17. The molecule has 1 nitrogen and oxygen atoms in total. The minimum atomic E-state index is 0.807. The first-order chi connectivity index (χ1) is 5.27. The number of fused-ring (bicyclic) bond motifs is 1. The zero-order valence-corrected chi connectivity index (χ0v) is 8.02. The van der Waals surface area contributed by atoms with E-state index in [-0.39, 0.29) is 0 Å². The molecule has 11 heavy (non-hydrogen) atoms. The van der Waals surface area contributed by atoms with Crippen LogP contribution >= 0.6 is 36.2 Å². The Morgan fingerprint density at radius 2 is 2.27 bits per heavy atom. The predicted molar refractivity (Wildman–Crippen MR) is 54.3 cm³/mol. The van der Waals surface area contributed by atoms with E-state index < -0.39 is 0 Å². The van der Waals surface area contributed by atoms with Crippen LogP contribution in [0.5, 0.6) is 0 Å². The van der Waals surface area contributed by atoms with Gasteiger partial charge in [-0.3, -0.25) is 0 Å². The maximum atomic E-state index is 5.00. The van der Waals surface area contributed by atoms with Gasteiger partial charge in [0.15, 0.2) is 3.95 Å². The molecular weight excluding hydrogens is 194 g/mol. The quantitative estimate of drug-likeness (QED) is 0.491. The van der Waals surface area contributed by atoms with Gasteiger partial charge in [0.1, 0.15) is 0 Å². The van der Waals surface area contributed by atoms with Gasteiger partial charge in [-0.15, -0.1) is 24.0 Å². The summed E-state index contributed by atoms with van der Waals surface area (Å²) in [6, 6.07) is 5.93. The number of aromatic amines is 1. The van der Waals surface area contributed by atoms with E-state index in [0.717, 1.165) is 19.1 Å². The number of aromatic nitrogens is 1. The molecule has 1 aromatic heterocycles. The molecule has 0 aliphatic heterocycles. The standard InChI is InChI=1S/C7H5NS3/c9-5-3-1-2-4-6(5)11-7(10)8-4/h1-3,9H,(H,8,10). The number of benzene rings is 1. The highest BCUT2D eigenvalue weighted by atomic mass is 32.1. The van der Waals surface area contributed by atoms with Crippen LogP contribution in [0, 0.1) is 3.95 Å². The third kappa shape index (κ3) is 1.21. The van der Waals surface area contributed by atoms with Gasteiger partial charge >= 0.3 is 0 Å². The minimum absolute atomic E-state index is 0.807. The molecule has 0 saturated heterocycles. The van der Waals surface area contributed by atoms with E-state index in [4.69, 9.17) is 12.2 Å². The van der Waals surface area contributed by atoms with Crippen molar-refractivity contribution in [1.82, 2.24) is 4.98 Å². The summed E-state index contributed by atoms with van der Waals surface area (Å²) in [5, 5.41) is 0. The van der Waals surface area contributed by atoms with E-state index in [1.807, 2.05) is 18.2 Å². The van der Waals surface area contributed by atoms with Crippen molar-refractivity contribution in [3.63, 3.8) is 0 Å². The zero-order chi connectivity index (χ0) is 7.84. The van der Waals surface area contributed by atoms with Gasteiger partial charge in [0, 0.05) is 4.90 Å². The summed E-state index contributed by atoms with van der Waals surface area (Å²) in [4.78, 5) is 4.07. The average molecular weight is 199 g/mol. The molecule has 2 aromatic rings. The molecule has 2 rings (SSSR count). The summed E-state index contributed by atoms with van der Waals surface area (Å²) in [5.74, 6) is 0. The third-order valence-corrected chi connectivity index (χ3v) is 3.23. The lowest BCUT2D eigenvalue weighted by Gasteiger charge is -1.89. The number of nitrogens with one attached hydrogen (secondary N) is 1. The van der Waals surface area contributed by atoms with Crippen molar-refractivity contribution in [2.75, 3.05) is 0 Å². The molecule has 0 amide bonds. The summed E-state index contributed by atoms with van der Waals surface area (Å²) < 4.78 is 1.95. The van der Waals surface area contributed by atoms with Crippen LogP contribution in [0.25, 0.3) is 10.2 Å². The summed E-state index contributed by atoms with van der Waals surface area (Å²) in [6.45, 7) is 0. The van der Waals surface area contributed by atoms with Crippen molar-refractivity contribution >= 4 is 46.4 Å². The van der Waals surface area contributed by atoms with Gasteiger partial charge in [-0.25, -0.2) is 0 Å². The summed E-state index contributed by atoms with van der Waals surface area (Å²) in [6.07, 6.45) is 0. The molecule has 1 aromatic carbocycles. The normalized spacial score (nSPS) is 10.6. The van der Waals surface area contributed by atoms with Crippen molar-refractivity contribution in [1.29, 1.82) is 0 Å². The van der Waals surface area contributed by atoms with Crippen LogP contribution in [0.1, 0.15) is 0 Å².